The lowest BCUT2D eigenvalue weighted by molar-refractivity contribution is -0.359. The van der Waals surface area contributed by atoms with Crippen LogP contribution < -0.4 is 5.32 Å². The highest BCUT2D eigenvalue weighted by atomic mass is 16.7. The number of unbranched alkanes of at least 4 members (excludes halogenated alkanes) is 28. The van der Waals surface area contributed by atoms with E-state index in [0.717, 1.165) is 44.9 Å². The molecule has 12 unspecified atom stereocenters. The molecule has 2 rings (SSSR count). The second-order valence-corrected chi connectivity index (χ2v) is 20.4. The molecule has 12 atom stereocenters. The summed E-state index contributed by atoms with van der Waals surface area (Å²) in [5, 5.41) is 86.7. The van der Waals surface area contributed by atoms with Gasteiger partial charge in [-0.25, -0.2) is 0 Å². The van der Waals surface area contributed by atoms with E-state index in [4.69, 9.17) is 18.9 Å². The van der Waals surface area contributed by atoms with Gasteiger partial charge in [0.2, 0.25) is 5.91 Å². The van der Waals surface area contributed by atoms with Gasteiger partial charge in [0.05, 0.1) is 32.0 Å². The largest absolute Gasteiger partial charge is 0.394 e. The fourth-order valence-electron chi connectivity index (χ4n) is 9.38. The van der Waals surface area contributed by atoms with Gasteiger partial charge in [0.1, 0.15) is 48.8 Å². The van der Waals surface area contributed by atoms with E-state index in [1.54, 1.807) is 6.08 Å². The molecule has 0 aliphatic carbocycles. The molecule has 71 heavy (non-hydrogen) atoms. The zero-order valence-corrected chi connectivity index (χ0v) is 44.5. The number of amides is 1. The fourth-order valence-corrected chi connectivity index (χ4v) is 9.38. The van der Waals surface area contributed by atoms with E-state index in [-0.39, 0.29) is 18.9 Å². The van der Waals surface area contributed by atoms with Gasteiger partial charge < -0.3 is 65.1 Å². The number of carbonyl (C=O) groups is 1. The van der Waals surface area contributed by atoms with Gasteiger partial charge in [0.25, 0.3) is 0 Å². The van der Waals surface area contributed by atoms with E-state index in [1.165, 1.54) is 148 Å². The molecule has 2 saturated heterocycles. The molecule has 0 aromatic heterocycles. The zero-order chi connectivity index (χ0) is 51.7. The predicted octanol–water partition coefficient (Wildman–Crippen LogP) is 9.05. The first-order valence-electron chi connectivity index (χ1n) is 28.7. The summed E-state index contributed by atoms with van der Waals surface area (Å²) in [7, 11) is 0. The summed E-state index contributed by atoms with van der Waals surface area (Å²) in [6.07, 6.45) is 35.2. The molecule has 0 saturated carbocycles. The Hall–Kier alpha value is -1.79. The predicted molar refractivity (Wildman–Crippen MR) is 281 cm³/mol. The molecule has 2 heterocycles. The normalized spacial score (nSPS) is 26.0. The summed E-state index contributed by atoms with van der Waals surface area (Å²) in [6.45, 7) is 2.73. The number of aliphatic hydroxyl groups is 8. The second-order valence-electron chi connectivity index (χ2n) is 20.4. The van der Waals surface area contributed by atoms with E-state index in [0.29, 0.717) is 12.8 Å². The van der Waals surface area contributed by atoms with Crippen molar-refractivity contribution in [3.8, 4) is 0 Å². The van der Waals surface area contributed by atoms with E-state index < -0.39 is 86.8 Å². The number of hydrogen-bond acceptors (Lipinski definition) is 13. The average molecular weight is 1010 g/mol. The quantitative estimate of drug-likeness (QED) is 0.0205. The maximum Gasteiger partial charge on any atom is 0.220 e. The van der Waals surface area contributed by atoms with Crippen molar-refractivity contribution in [2.24, 2.45) is 0 Å². The highest BCUT2D eigenvalue weighted by molar-refractivity contribution is 5.76. The topological polar surface area (TPSA) is 228 Å². The van der Waals surface area contributed by atoms with Crippen LogP contribution in [0.5, 0.6) is 0 Å². The van der Waals surface area contributed by atoms with Gasteiger partial charge in [0, 0.05) is 6.42 Å². The fraction of sp³-hybridized carbons (Fsp3) is 0.877. The van der Waals surface area contributed by atoms with Crippen LogP contribution in [-0.4, -0.2) is 140 Å². The first kappa shape index (κ1) is 65.3. The lowest BCUT2D eigenvalue weighted by atomic mass is 9.97. The van der Waals surface area contributed by atoms with Crippen LogP contribution in [0.15, 0.2) is 36.5 Å². The molecule has 0 radical (unpaired) electrons. The monoisotopic (exact) mass is 1010 g/mol. The lowest BCUT2D eigenvalue weighted by Crippen LogP contribution is -2.65. The van der Waals surface area contributed by atoms with Crippen LogP contribution >= 0.6 is 0 Å². The molecule has 14 nitrogen and oxygen atoms in total. The highest BCUT2D eigenvalue weighted by Gasteiger charge is 2.51. The van der Waals surface area contributed by atoms with Gasteiger partial charge in [-0.15, -0.1) is 0 Å². The number of hydrogen-bond donors (Lipinski definition) is 9. The Labute approximate surface area is 430 Å². The van der Waals surface area contributed by atoms with Crippen molar-refractivity contribution >= 4 is 5.91 Å². The number of carbonyl (C=O) groups excluding carboxylic acids is 1. The number of nitrogens with one attached hydrogen (secondary N) is 1. The number of rotatable bonds is 45. The van der Waals surface area contributed by atoms with E-state index in [1.807, 2.05) is 6.08 Å². The minimum absolute atomic E-state index is 0.258. The van der Waals surface area contributed by atoms with Gasteiger partial charge in [-0.1, -0.05) is 211 Å². The van der Waals surface area contributed by atoms with Crippen molar-refractivity contribution in [2.75, 3.05) is 19.8 Å². The summed E-state index contributed by atoms with van der Waals surface area (Å²) in [5.74, 6) is -0.258. The van der Waals surface area contributed by atoms with Crippen LogP contribution in [0.3, 0.4) is 0 Å². The molecule has 0 aromatic rings. The number of allylic oxidation sites excluding steroid dienone is 5. The van der Waals surface area contributed by atoms with Crippen LogP contribution in [-0.2, 0) is 23.7 Å². The van der Waals surface area contributed by atoms with Crippen LogP contribution in [0.2, 0.25) is 0 Å². The van der Waals surface area contributed by atoms with Gasteiger partial charge >= 0.3 is 0 Å². The summed E-state index contributed by atoms with van der Waals surface area (Å²) in [5.41, 5.74) is 0. The smallest absolute Gasteiger partial charge is 0.220 e. The standard InChI is InChI=1S/C57H105NO13/c1-3-5-7-9-11-13-14-15-16-17-18-19-20-21-22-23-24-25-26-27-28-29-30-31-32-33-34-36-38-40-46(61)45(58-49(62)41-39-37-35-12-10-8-6-4-2)44-68-56-54(67)52(65)55(48(43-60)70-56)71-57-53(66)51(64)50(63)47(42-59)69-57/h28-29,32-33,38,40,45-48,50-57,59-61,63-67H,3-27,30-31,34-37,39,41-44H2,1-2H3,(H,58,62)/b29-28+,33-32+,40-38+. The summed E-state index contributed by atoms with van der Waals surface area (Å²) in [6, 6.07) is -0.933. The third-order valence-corrected chi connectivity index (χ3v) is 14.1. The Bertz CT molecular complexity index is 1330. The van der Waals surface area contributed by atoms with Crippen molar-refractivity contribution < 1.29 is 64.6 Å². The molecular weight excluding hydrogens is 907 g/mol. The van der Waals surface area contributed by atoms with Crippen LogP contribution in [0.25, 0.3) is 0 Å². The molecule has 1 amide bonds. The van der Waals surface area contributed by atoms with E-state index in [9.17, 15) is 45.6 Å². The molecule has 9 N–H and O–H groups in total. The number of ether oxygens (including phenoxy) is 4. The van der Waals surface area contributed by atoms with Gasteiger partial charge in [-0.2, -0.15) is 0 Å². The minimum Gasteiger partial charge on any atom is -0.394 e. The molecular formula is C57H105NO13. The molecule has 0 spiro atoms. The third-order valence-electron chi connectivity index (χ3n) is 14.1. The molecule has 0 aromatic carbocycles. The first-order valence-corrected chi connectivity index (χ1v) is 28.7. The van der Waals surface area contributed by atoms with Crippen molar-refractivity contribution in [1.29, 1.82) is 0 Å². The van der Waals surface area contributed by atoms with Gasteiger partial charge in [-0.05, 0) is 44.9 Å². The average Bonchev–Trinajstić information content (AvgIpc) is 3.37. The van der Waals surface area contributed by atoms with Crippen LogP contribution in [0.4, 0.5) is 0 Å². The molecule has 2 aliphatic rings. The first-order chi connectivity index (χ1) is 34.6. The second kappa shape index (κ2) is 43.4. The summed E-state index contributed by atoms with van der Waals surface area (Å²) < 4.78 is 22.6. The van der Waals surface area contributed by atoms with Gasteiger partial charge in [0.15, 0.2) is 12.6 Å². The maximum absolute atomic E-state index is 13.1. The number of aliphatic hydroxyl groups excluding tert-OH is 8. The molecule has 0 bridgehead atoms. The third kappa shape index (κ3) is 29.8. The Balaban J connectivity index is 1.70. The Morgan fingerprint density at radius 3 is 1.38 bits per heavy atom. The molecule has 2 aliphatic heterocycles. The molecule has 416 valence electrons. The SMILES string of the molecule is CCCCCCCCCCCCCCCCCCCCC/C=C/CC/C=C/CC/C=C/C(O)C(COC1OC(CO)C(OC2OC(CO)C(O)C(O)C2O)C(O)C1O)NC(=O)CCCCCCCCCC. The summed E-state index contributed by atoms with van der Waals surface area (Å²) >= 11 is 0. The molecule has 2 fully saturated rings. The Morgan fingerprint density at radius 1 is 0.493 bits per heavy atom. The highest BCUT2D eigenvalue weighted by Crippen LogP contribution is 2.30. The van der Waals surface area contributed by atoms with Crippen molar-refractivity contribution in [3.05, 3.63) is 36.5 Å². The zero-order valence-electron chi connectivity index (χ0n) is 44.5. The van der Waals surface area contributed by atoms with Crippen molar-refractivity contribution in [2.45, 2.75) is 299 Å². The van der Waals surface area contributed by atoms with Crippen LogP contribution in [0.1, 0.15) is 226 Å². The minimum atomic E-state index is -1.79. The van der Waals surface area contributed by atoms with Crippen molar-refractivity contribution in [3.63, 3.8) is 0 Å². The molecule has 14 heteroatoms. The Kier molecular flexibility index (Phi) is 40.0. The Morgan fingerprint density at radius 2 is 0.901 bits per heavy atom. The van der Waals surface area contributed by atoms with Crippen molar-refractivity contribution in [1.82, 2.24) is 5.32 Å². The van der Waals surface area contributed by atoms with Gasteiger partial charge in [-0.3, -0.25) is 4.79 Å². The summed E-state index contributed by atoms with van der Waals surface area (Å²) in [4.78, 5) is 13.1. The van der Waals surface area contributed by atoms with E-state index >= 15 is 0 Å². The maximum atomic E-state index is 13.1. The lowest BCUT2D eigenvalue weighted by Gasteiger charge is -2.46. The van der Waals surface area contributed by atoms with E-state index in [2.05, 4.69) is 43.5 Å². The van der Waals surface area contributed by atoms with Crippen LogP contribution in [0, 0.1) is 0 Å².